The molecule has 0 radical (unpaired) electrons. The van der Waals surface area contributed by atoms with Crippen molar-refractivity contribution in [3.8, 4) is 0 Å². The number of unbranched alkanes of at least 4 members (excludes halogenated alkanes) is 28. The van der Waals surface area contributed by atoms with Crippen LogP contribution in [0.1, 0.15) is 219 Å². The number of esters is 2. The minimum Gasteiger partial charge on any atom is -0.462 e. The standard InChI is InChI=1S/C51H96O15/c1-3-5-7-9-11-13-15-17-19-21-23-25-27-29-31-33-42(53)61-36-39(64-43(54)34-32-30-28-26-24-22-20-18-16-14-12-10-8-6-4-2)37-62-50-49(60)47(58)45(56)41(66-50)38-63-51-48(59)46(57)44(55)40(35-52)65-51/h39-41,44-52,55-60H,3-38H2,1-2H3/t39-,40-,41?,44-,45-,46+,47+,48-,49-,50-,51-/m1/s1. The molecule has 2 fully saturated rings. The summed E-state index contributed by atoms with van der Waals surface area (Å²) < 4.78 is 33.6. The van der Waals surface area contributed by atoms with Gasteiger partial charge in [-0.3, -0.25) is 9.59 Å². The summed E-state index contributed by atoms with van der Waals surface area (Å²) in [6.45, 7) is 2.63. The number of carbonyl (C=O) groups excluding carboxylic acids is 2. The van der Waals surface area contributed by atoms with Crippen LogP contribution in [0.25, 0.3) is 0 Å². The Morgan fingerprint density at radius 1 is 0.424 bits per heavy atom. The van der Waals surface area contributed by atoms with Gasteiger partial charge in [0.15, 0.2) is 18.7 Å². The largest absolute Gasteiger partial charge is 0.462 e. The van der Waals surface area contributed by atoms with Gasteiger partial charge in [-0.1, -0.05) is 194 Å². The normalized spacial score (nSPS) is 26.1. The third-order valence-corrected chi connectivity index (χ3v) is 13.1. The Morgan fingerprint density at radius 2 is 0.773 bits per heavy atom. The second-order valence-electron chi connectivity index (χ2n) is 19.1. The molecule has 0 aromatic carbocycles. The molecule has 0 aliphatic carbocycles. The summed E-state index contributed by atoms with van der Waals surface area (Å²) in [5, 5.41) is 72.1. The molecule has 2 saturated heterocycles. The molecule has 2 aliphatic rings. The molecule has 0 aromatic heterocycles. The van der Waals surface area contributed by atoms with Crippen molar-refractivity contribution in [1.29, 1.82) is 0 Å². The van der Waals surface area contributed by atoms with E-state index in [2.05, 4.69) is 13.8 Å². The molecule has 2 heterocycles. The van der Waals surface area contributed by atoms with Crippen molar-refractivity contribution in [2.24, 2.45) is 0 Å². The monoisotopic (exact) mass is 949 g/mol. The summed E-state index contributed by atoms with van der Waals surface area (Å²) in [5.41, 5.74) is 0. The van der Waals surface area contributed by atoms with Gasteiger partial charge in [0.25, 0.3) is 0 Å². The number of hydrogen-bond acceptors (Lipinski definition) is 15. The molecule has 15 heteroatoms. The molecule has 390 valence electrons. The van der Waals surface area contributed by atoms with Crippen molar-refractivity contribution in [1.82, 2.24) is 0 Å². The summed E-state index contributed by atoms with van der Waals surface area (Å²) in [6, 6.07) is 0. The lowest BCUT2D eigenvalue weighted by Gasteiger charge is -2.42. The van der Waals surface area contributed by atoms with Crippen LogP contribution in [0.3, 0.4) is 0 Å². The molecule has 0 bridgehead atoms. The first-order valence-corrected chi connectivity index (χ1v) is 26.6. The van der Waals surface area contributed by atoms with Crippen molar-refractivity contribution in [2.75, 3.05) is 26.4 Å². The highest BCUT2D eigenvalue weighted by Gasteiger charge is 2.47. The number of aliphatic hydroxyl groups excluding tert-OH is 7. The average molecular weight is 949 g/mol. The molecule has 2 aliphatic heterocycles. The van der Waals surface area contributed by atoms with Gasteiger partial charge in [0, 0.05) is 12.8 Å². The van der Waals surface area contributed by atoms with E-state index in [0.29, 0.717) is 12.8 Å². The molecule has 15 nitrogen and oxygen atoms in total. The van der Waals surface area contributed by atoms with E-state index in [1.807, 2.05) is 0 Å². The van der Waals surface area contributed by atoms with Crippen LogP contribution in [0.2, 0.25) is 0 Å². The van der Waals surface area contributed by atoms with E-state index in [9.17, 15) is 45.3 Å². The topological polar surface area (TPSA) is 231 Å². The number of carbonyl (C=O) groups is 2. The van der Waals surface area contributed by atoms with Gasteiger partial charge in [-0.25, -0.2) is 0 Å². The minimum absolute atomic E-state index is 0.173. The Hall–Kier alpha value is -1.50. The quantitative estimate of drug-likeness (QED) is 0.0231. The first kappa shape index (κ1) is 60.6. The van der Waals surface area contributed by atoms with Crippen LogP contribution in [-0.4, -0.2) is 142 Å². The van der Waals surface area contributed by atoms with Gasteiger partial charge < -0.3 is 64.2 Å². The van der Waals surface area contributed by atoms with E-state index < -0.39 is 92.7 Å². The lowest BCUT2D eigenvalue weighted by atomic mass is 9.98. The van der Waals surface area contributed by atoms with Crippen LogP contribution in [-0.2, 0) is 38.0 Å². The van der Waals surface area contributed by atoms with Crippen molar-refractivity contribution >= 4 is 11.9 Å². The van der Waals surface area contributed by atoms with Crippen molar-refractivity contribution in [3.63, 3.8) is 0 Å². The molecule has 0 spiro atoms. The van der Waals surface area contributed by atoms with E-state index in [1.165, 1.54) is 141 Å². The maximum atomic E-state index is 13.0. The Bertz CT molecular complexity index is 1160. The Labute approximate surface area is 398 Å². The molecule has 2 rings (SSSR count). The lowest BCUT2D eigenvalue weighted by Crippen LogP contribution is -2.61. The fourth-order valence-corrected chi connectivity index (χ4v) is 8.69. The van der Waals surface area contributed by atoms with Crippen LogP contribution in [0.5, 0.6) is 0 Å². The first-order valence-electron chi connectivity index (χ1n) is 26.6. The first-order chi connectivity index (χ1) is 32.0. The Balaban J connectivity index is 1.79. The zero-order valence-corrected chi connectivity index (χ0v) is 41.2. The molecule has 7 N–H and O–H groups in total. The van der Waals surface area contributed by atoms with Gasteiger partial charge in [0.2, 0.25) is 0 Å². The van der Waals surface area contributed by atoms with Crippen molar-refractivity contribution in [2.45, 2.75) is 287 Å². The Kier molecular flexibility index (Phi) is 36.0. The number of ether oxygens (including phenoxy) is 6. The van der Waals surface area contributed by atoms with Crippen molar-refractivity contribution in [3.05, 3.63) is 0 Å². The van der Waals surface area contributed by atoms with Gasteiger partial charge in [-0.2, -0.15) is 0 Å². The predicted molar refractivity (Wildman–Crippen MR) is 252 cm³/mol. The fourth-order valence-electron chi connectivity index (χ4n) is 8.69. The predicted octanol–water partition coefficient (Wildman–Crippen LogP) is 7.61. The summed E-state index contributed by atoms with van der Waals surface area (Å²) >= 11 is 0. The minimum atomic E-state index is -1.76. The SMILES string of the molecule is CCCCCCCCCCCCCCCCCC(=O)OC[C@H](CO[C@@H]1OC(CO[C@@H]2O[C@H](CO)[C@@H](O)[C@H](O)[C@H]2O)[C@@H](O)[C@H](O)[C@H]1O)OC(=O)CCCCCCCCCCCCCCCCC. The average Bonchev–Trinajstić information content (AvgIpc) is 3.31. The molecule has 0 saturated carbocycles. The number of aliphatic hydroxyl groups is 7. The molecule has 66 heavy (non-hydrogen) atoms. The zero-order chi connectivity index (χ0) is 48.2. The maximum Gasteiger partial charge on any atom is 0.306 e. The van der Waals surface area contributed by atoms with Crippen LogP contribution in [0.4, 0.5) is 0 Å². The zero-order valence-electron chi connectivity index (χ0n) is 41.2. The number of rotatable bonds is 42. The summed E-state index contributed by atoms with van der Waals surface area (Å²) in [4.78, 5) is 25.8. The second kappa shape index (κ2) is 39.2. The summed E-state index contributed by atoms with van der Waals surface area (Å²) in [5.74, 6) is -0.908. The van der Waals surface area contributed by atoms with Crippen LogP contribution >= 0.6 is 0 Å². The van der Waals surface area contributed by atoms with Crippen LogP contribution in [0.15, 0.2) is 0 Å². The molecule has 0 aromatic rings. The molecule has 0 amide bonds. The van der Waals surface area contributed by atoms with E-state index in [4.69, 9.17) is 28.4 Å². The van der Waals surface area contributed by atoms with E-state index in [1.54, 1.807) is 0 Å². The van der Waals surface area contributed by atoms with Gasteiger partial charge in [0.1, 0.15) is 55.4 Å². The summed E-state index contributed by atoms with van der Waals surface area (Å²) in [6.07, 6.45) is 19.8. The highest BCUT2D eigenvalue weighted by Crippen LogP contribution is 2.27. The van der Waals surface area contributed by atoms with E-state index >= 15 is 0 Å². The van der Waals surface area contributed by atoms with E-state index in [-0.39, 0.29) is 26.1 Å². The molecule has 1 unspecified atom stereocenters. The van der Waals surface area contributed by atoms with Gasteiger partial charge in [-0.15, -0.1) is 0 Å². The fraction of sp³-hybridized carbons (Fsp3) is 0.961. The third-order valence-electron chi connectivity index (χ3n) is 13.1. The maximum absolute atomic E-state index is 13.0. The van der Waals surface area contributed by atoms with Crippen LogP contribution in [0, 0.1) is 0 Å². The molecule has 11 atom stereocenters. The Morgan fingerprint density at radius 3 is 1.18 bits per heavy atom. The van der Waals surface area contributed by atoms with Gasteiger partial charge in [-0.05, 0) is 12.8 Å². The van der Waals surface area contributed by atoms with Crippen LogP contribution < -0.4 is 0 Å². The number of hydrogen-bond donors (Lipinski definition) is 7. The second-order valence-corrected chi connectivity index (χ2v) is 19.1. The highest BCUT2D eigenvalue weighted by atomic mass is 16.7. The van der Waals surface area contributed by atoms with Gasteiger partial charge in [0.05, 0.1) is 19.8 Å². The third kappa shape index (κ3) is 27.0. The highest BCUT2D eigenvalue weighted by molar-refractivity contribution is 5.70. The van der Waals surface area contributed by atoms with E-state index in [0.717, 1.165) is 38.5 Å². The molecular weight excluding hydrogens is 853 g/mol. The van der Waals surface area contributed by atoms with Crippen molar-refractivity contribution < 1.29 is 73.8 Å². The lowest BCUT2D eigenvalue weighted by molar-refractivity contribution is -0.332. The molecular formula is C51H96O15. The van der Waals surface area contributed by atoms with Gasteiger partial charge >= 0.3 is 11.9 Å². The summed E-state index contributed by atoms with van der Waals surface area (Å²) in [7, 11) is 0. The smallest absolute Gasteiger partial charge is 0.306 e.